The average molecular weight is 268 g/mol. The lowest BCUT2D eigenvalue weighted by atomic mass is 9.96. The topological polar surface area (TPSA) is 12.0 Å². The Labute approximate surface area is 100 Å². The van der Waals surface area contributed by atoms with E-state index in [0.717, 1.165) is 5.92 Å². The van der Waals surface area contributed by atoms with Crippen LogP contribution in [0.5, 0.6) is 0 Å². The first-order chi connectivity index (χ1) is 7.16. The Hall–Kier alpha value is -0.340. The molecule has 1 nitrogen and oxygen atoms in total. The number of nitrogens with one attached hydrogen (secondary N) is 1. The second-order valence-corrected chi connectivity index (χ2v) is 5.41. The van der Waals surface area contributed by atoms with Crippen LogP contribution in [-0.4, -0.2) is 13.1 Å². The van der Waals surface area contributed by atoms with Gasteiger partial charge in [0.1, 0.15) is 0 Å². The second kappa shape index (κ2) is 4.67. The summed E-state index contributed by atoms with van der Waals surface area (Å²) < 4.78 is 1.31. The van der Waals surface area contributed by atoms with Gasteiger partial charge in [-0.3, -0.25) is 0 Å². The Morgan fingerprint density at radius 3 is 2.87 bits per heavy atom. The maximum Gasteiger partial charge on any atom is 0.0236 e. The van der Waals surface area contributed by atoms with E-state index in [0.29, 0.717) is 0 Å². The third-order valence-electron chi connectivity index (χ3n) is 3.15. The fourth-order valence-corrected chi connectivity index (χ4v) is 2.78. The molecule has 2 rings (SSSR count). The van der Waals surface area contributed by atoms with Gasteiger partial charge in [-0.25, -0.2) is 0 Å². The van der Waals surface area contributed by atoms with Gasteiger partial charge in [0.2, 0.25) is 0 Å². The molecule has 1 saturated heterocycles. The van der Waals surface area contributed by atoms with Gasteiger partial charge in [-0.05, 0) is 56.8 Å². The molecule has 1 atom stereocenters. The lowest BCUT2D eigenvalue weighted by Gasteiger charge is -2.12. The molecule has 1 aliphatic rings. The molecule has 0 aromatic heterocycles. The van der Waals surface area contributed by atoms with Crippen molar-refractivity contribution in [1.29, 1.82) is 0 Å². The summed E-state index contributed by atoms with van der Waals surface area (Å²) in [6.07, 6.45) is 2.52. The summed E-state index contributed by atoms with van der Waals surface area (Å²) in [6.45, 7) is 6.72. The first kappa shape index (κ1) is 11.2. The largest absolute Gasteiger partial charge is 0.316 e. The highest BCUT2D eigenvalue weighted by Crippen LogP contribution is 2.26. The number of hydrogen-bond donors (Lipinski definition) is 1. The van der Waals surface area contributed by atoms with Gasteiger partial charge in [0.25, 0.3) is 0 Å². The van der Waals surface area contributed by atoms with E-state index in [1.165, 1.54) is 47.1 Å². The molecule has 1 N–H and O–H groups in total. The second-order valence-electron chi connectivity index (χ2n) is 4.62. The van der Waals surface area contributed by atoms with Gasteiger partial charge < -0.3 is 5.32 Å². The lowest BCUT2D eigenvalue weighted by Crippen LogP contribution is -2.11. The summed E-state index contributed by atoms with van der Waals surface area (Å²) in [5, 5.41) is 3.43. The van der Waals surface area contributed by atoms with Crippen LogP contribution in [-0.2, 0) is 6.42 Å². The third kappa shape index (κ3) is 2.61. The van der Waals surface area contributed by atoms with E-state index < -0.39 is 0 Å². The van der Waals surface area contributed by atoms with E-state index >= 15 is 0 Å². The molecule has 15 heavy (non-hydrogen) atoms. The van der Waals surface area contributed by atoms with Crippen LogP contribution < -0.4 is 5.32 Å². The van der Waals surface area contributed by atoms with E-state index in [9.17, 15) is 0 Å². The molecule has 1 aromatic rings. The van der Waals surface area contributed by atoms with Crippen molar-refractivity contribution in [2.75, 3.05) is 13.1 Å². The number of rotatable bonds is 2. The van der Waals surface area contributed by atoms with Crippen molar-refractivity contribution in [3.8, 4) is 0 Å². The molecule has 2 heteroatoms. The van der Waals surface area contributed by atoms with Crippen molar-refractivity contribution in [2.24, 2.45) is 5.92 Å². The van der Waals surface area contributed by atoms with E-state index in [4.69, 9.17) is 0 Å². The zero-order valence-corrected chi connectivity index (χ0v) is 11.0. The van der Waals surface area contributed by atoms with Crippen LogP contribution in [0, 0.1) is 19.8 Å². The highest BCUT2D eigenvalue weighted by Gasteiger charge is 2.16. The van der Waals surface area contributed by atoms with Crippen molar-refractivity contribution >= 4 is 15.9 Å². The molecule has 0 aliphatic carbocycles. The molecule has 1 heterocycles. The van der Waals surface area contributed by atoms with Crippen LogP contribution in [0.25, 0.3) is 0 Å². The molecule has 0 amide bonds. The number of halogens is 1. The van der Waals surface area contributed by atoms with Crippen LogP contribution in [0.2, 0.25) is 0 Å². The van der Waals surface area contributed by atoms with Crippen LogP contribution in [0.15, 0.2) is 16.6 Å². The Kier molecular flexibility index (Phi) is 3.47. The van der Waals surface area contributed by atoms with E-state index in [1.807, 2.05) is 0 Å². The number of aryl methyl sites for hydroxylation is 2. The zero-order valence-electron chi connectivity index (χ0n) is 9.44. The molecule has 0 spiro atoms. The first-order valence-corrected chi connectivity index (χ1v) is 6.42. The van der Waals surface area contributed by atoms with Gasteiger partial charge in [-0.2, -0.15) is 0 Å². The molecule has 0 radical (unpaired) electrons. The van der Waals surface area contributed by atoms with Crippen LogP contribution >= 0.6 is 15.9 Å². The van der Waals surface area contributed by atoms with Crippen LogP contribution in [0.4, 0.5) is 0 Å². The first-order valence-electron chi connectivity index (χ1n) is 5.63. The highest BCUT2D eigenvalue weighted by atomic mass is 79.9. The van der Waals surface area contributed by atoms with Crippen molar-refractivity contribution in [2.45, 2.75) is 26.7 Å². The minimum absolute atomic E-state index is 0.822. The van der Waals surface area contributed by atoms with Crippen molar-refractivity contribution in [3.05, 3.63) is 33.3 Å². The minimum Gasteiger partial charge on any atom is -0.316 e. The maximum atomic E-state index is 3.70. The predicted octanol–water partition coefficient (Wildman–Crippen LogP) is 3.22. The van der Waals surface area contributed by atoms with E-state index in [1.54, 1.807) is 0 Å². The average Bonchev–Trinajstić information content (AvgIpc) is 2.66. The van der Waals surface area contributed by atoms with Gasteiger partial charge in [-0.1, -0.05) is 33.6 Å². The lowest BCUT2D eigenvalue weighted by molar-refractivity contribution is 0.578. The number of hydrogen-bond acceptors (Lipinski definition) is 1. The molecule has 1 fully saturated rings. The van der Waals surface area contributed by atoms with E-state index in [2.05, 4.69) is 47.2 Å². The predicted molar refractivity (Wildman–Crippen MR) is 68.3 cm³/mol. The standard InChI is InChI=1S/C13H18BrN/c1-9-5-10(2)13(14)12(6-9)7-11-3-4-15-8-11/h5-6,11,15H,3-4,7-8H2,1-2H3. The van der Waals surface area contributed by atoms with Gasteiger partial charge in [0.15, 0.2) is 0 Å². The number of benzene rings is 1. The fourth-order valence-electron chi connectivity index (χ4n) is 2.39. The Bertz CT molecular complexity index is 354. The maximum absolute atomic E-state index is 3.70. The fraction of sp³-hybridized carbons (Fsp3) is 0.538. The Morgan fingerprint density at radius 2 is 2.20 bits per heavy atom. The molecular weight excluding hydrogens is 250 g/mol. The molecule has 0 bridgehead atoms. The van der Waals surface area contributed by atoms with Crippen LogP contribution in [0.1, 0.15) is 23.1 Å². The summed E-state index contributed by atoms with van der Waals surface area (Å²) in [5.41, 5.74) is 4.20. The summed E-state index contributed by atoms with van der Waals surface area (Å²) in [7, 11) is 0. The molecule has 0 saturated carbocycles. The molecular formula is C13H18BrN. The summed E-state index contributed by atoms with van der Waals surface area (Å²) in [5.74, 6) is 0.822. The SMILES string of the molecule is Cc1cc(C)c(Br)c(CC2CCNC2)c1. The summed E-state index contributed by atoms with van der Waals surface area (Å²) in [6, 6.07) is 4.55. The third-order valence-corrected chi connectivity index (χ3v) is 4.28. The highest BCUT2D eigenvalue weighted by molar-refractivity contribution is 9.10. The quantitative estimate of drug-likeness (QED) is 0.868. The molecule has 82 valence electrons. The van der Waals surface area contributed by atoms with Crippen molar-refractivity contribution < 1.29 is 0 Å². The van der Waals surface area contributed by atoms with E-state index in [-0.39, 0.29) is 0 Å². The minimum atomic E-state index is 0.822. The summed E-state index contributed by atoms with van der Waals surface area (Å²) >= 11 is 3.70. The summed E-state index contributed by atoms with van der Waals surface area (Å²) in [4.78, 5) is 0. The van der Waals surface area contributed by atoms with Gasteiger partial charge in [0, 0.05) is 4.47 Å². The molecule has 1 aliphatic heterocycles. The Morgan fingerprint density at radius 1 is 1.40 bits per heavy atom. The normalized spacial score (nSPS) is 20.9. The Balaban J connectivity index is 2.19. The van der Waals surface area contributed by atoms with Crippen molar-refractivity contribution in [3.63, 3.8) is 0 Å². The van der Waals surface area contributed by atoms with Gasteiger partial charge >= 0.3 is 0 Å². The van der Waals surface area contributed by atoms with Crippen molar-refractivity contribution in [1.82, 2.24) is 5.32 Å². The smallest absolute Gasteiger partial charge is 0.0236 e. The van der Waals surface area contributed by atoms with Gasteiger partial charge in [0.05, 0.1) is 0 Å². The monoisotopic (exact) mass is 267 g/mol. The van der Waals surface area contributed by atoms with Crippen LogP contribution in [0.3, 0.4) is 0 Å². The van der Waals surface area contributed by atoms with Gasteiger partial charge in [-0.15, -0.1) is 0 Å². The zero-order chi connectivity index (χ0) is 10.8. The molecule has 1 unspecified atom stereocenters. The molecule has 1 aromatic carbocycles.